The molecule has 0 radical (unpaired) electrons. The number of halogens is 3. The van der Waals surface area contributed by atoms with Crippen LogP contribution in [-0.2, 0) is 17.9 Å². The first kappa shape index (κ1) is 21.8. The predicted molar refractivity (Wildman–Crippen MR) is 117 cm³/mol. The Bertz CT molecular complexity index is 1180. The highest BCUT2D eigenvalue weighted by atomic mass is 35.5. The molecule has 1 N–H and O–H groups in total. The Morgan fingerprint density at radius 3 is 2.59 bits per heavy atom. The molecule has 0 saturated heterocycles. The average molecular weight is 457 g/mol. The zero-order chi connectivity index (χ0) is 22.8. The summed E-state index contributed by atoms with van der Waals surface area (Å²) in [7, 11) is 0. The summed E-state index contributed by atoms with van der Waals surface area (Å²) in [6, 6.07) is 14.9. The average Bonchev–Trinajstić information content (AvgIpc) is 2.86. The fourth-order valence-corrected chi connectivity index (χ4v) is 3.62. The van der Waals surface area contributed by atoms with Crippen molar-refractivity contribution in [2.24, 2.45) is 0 Å². The Balaban J connectivity index is 1.57. The third kappa shape index (κ3) is 4.73. The van der Waals surface area contributed by atoms with Crippen LogP contribution in [0.15, 0.2) is 60.7 Å². The van der Waals surface area contributed by atoms with Crippen molar-refractivity contribution < 1.29 is 23.1 Å². The van der Waals surface area contributed by atoms with Crippen LogP contribution >= 0.6 is 11.6 Å². The first-order valence-corrected chi connectivity index (χ1v) is 10.3. The summed E-state index contributed by atoms with van der Waals surface area (Å²) in [5, 5.41) is 3.21. The van der Waals surface area contributed by atoms with E-state index in [0.717, 1.165) is 17.7 Å². The van der Waals surface area contributed by atoms with Crippen LogP contribution in [0.5, 0.6) is 5.75 Å². The number of ether oxygens (including phenoxy) is 1. The zero-order valence-corrected chi connectivity index (χ0v) is 17.8. The number of benzene rings is 3. The quantitative estimate of drug-likeness (QED) is 0.588. The minimum Gasteiger partial charge on any atom is -0.481 e. The van der Waals surface area contributed by atoms with Gasteiger partial charge in [-0.15, -0.1) is 0 Å². The van der Waals surface area contributed by atoms with Crippen molar-refractivity contribution >= 4 is 29.1 Å². The van der Waals surface area contributed by atoms with Crippen LogP contribution in [0, 0.1) is 11.6 Å². The molecule has 5 nitrogen and oxygen atoms in total. The molecule has 3 aromatic carbocycles. The third-order valence-electron chi connectivity index (χ3n) is 5.11. The van der Waals surface area contributed by atoms with Gasteiger partial charge in [0.2, 0.25) is 0 Å². The Morgan fingerprint density at radius 2 is 1.88 bits per heavy atom. The lowest BCUT2D eigenvalue weighted by molar-refractivity contribution is -0.138. The van der Waals surface area contributed by atoms with Crippen molar-refractivity contribution in [3.63, 3.8) is 0 Å². The molecule has 3 aromatic rings. The van der Waals surface area contributed by atoms with Crippen molar-refractivity contribution in [2.75, 3.05) is 5.32 Å². The Hall–Kier alpha value is -3.45. The molecule has 2 amide bonds. The maximum absolute atomic E-state index is 13.9. The second-order valence-corrected chi connectivity index (χ2v) is 7.92. The Morgan fingerprint density at radius 1 is 1.12 bits per heavy atom. The van der Waals surface area contributed by atoms with Crippen LogP contribution in [0.1, 0.15) is 28.4 Å². The van der Waals surface area contributed by atoms with E-state index in [4.69, 9.17) is 16.3 Å². The molecule has 0 aromatic heterocycles. The third-order valence-corrected chi connectivity index (χ3v) is 5.36. The van der Waals surface area contributed by atoms with E-state index in [2.05, 4.69) is 5.32 Å². The lowest BCUT2D eigenvalue weighted by atomic mass is 10.1. The van der Waals surface area contributed by atoms with Gasteiger partial charge < -0.3 is 15.0 Å². The van der Waals surface area contributed by atoms with Crippen LogP contribution in [-0.4, -0.2) is 22.8 Å². The summed E-state index contributed by atoms with van der Waals surface area (Å²) in [6.45, 7) is 2.30. The van der Waals surface area contributed by atoms with Gasteiger partial charge in [0.15, 0.2) is 6.10 Å². The molecule has 1 aliphatic heterocycles. The minimum atomic E-state index is -0.950. The van der Waals surface area contributed by atoms with E-state index in [-0.39, 0.29) is 18.0 Å². The molecule has 0 bridgehead atoms. The van der Waals surface area contributed by atoms with E-state index in [1.807, 2.05) is 12.1 Å². The van der Waals surface area contributed by atoms with Gasteiger partial charge in [-0.05, 0) is 55.0 Å². The van der Waals surface area contributed by atoms with E-state index in [9.17, 15) is 18.4 Å². The molecule has 4 rings (SSSR count). The number of hydrogen-bond donors (Lipinski definition) is 1. The fourth-order valence-electron chi connectivity index (χ4n) is 3.49. The van der Waals surface area contributed by atoms with Gasteiger partial charge in [0, 0.05) is 35.4 Å². The monoisotopic (exact) mass is 456 g/mol. The van der Waals surface area contributed by atoms with E-state index in [0.29, 0.717) is 34.6 Å². The van der Waals surface area contributed by atoms with Gasteiger partial charge in [-0.3, -0.25) is 9.59 Å². The fraction of sp³-hybridized carbons (Fsp3) is 0.167. The molecular weight excluding hydrogens is 438 g/mol. The van der Waals surface area contributed by atoms with Gasteiger partial charge in [-0.2, -0.15) is 0 Å². The maximum Gasteiger partial charge on any atom is 0.263 e. The Labute approximate surface area is 188 Å². The van der Waals surface area contributed by atoms with Crippen molar-refractivity contribution in [1.82, 2.24) is 4.90 Å². The summed E-state index contributed by atoms with van der Waals surface area (Å²) in [5.74, 6) is -2.07. The molecule has 0 spiro atoms. The van der Waals surface area contributed by atoms with Crippen molar-refractivity contribution in [1.29, 1.82) is 0 Å². The second-order valence-electron chi connectivity index (χ2n) is 7.48. The van der Waals surface area contributed by atoms with Crippen molar-refractivity contribution in [3.8, 4) is 5.75 Å². The van der Waals surface area contributed by atoms with Gasteiger partial charge in [-0.25, -0.2) is 8.78 Å². The van der Waals surface area contributed by atoms with Crippen LogP contribution in [0.3, 0.4) is 0 Å². The van der Waals surface area contributed by atoms with E-state index >= 15 is 0 Å². The van der Waals surface area contributed by atoms with Crippen molar-refractivity contribution in [3.05, 3.63) is 94.0 Å². The lowest BCUT2D eigenvalue weighted by Gasteiger charge is -2.22. The molecule has 164 valence electrons. The molecule has 0 unspecified atom stereocenters. The predicted octanol–water partition coefficient (Wildman–Crippen LogP) is 5.18. The normalized spacial score (nSPS) is 15.6. The second kappa shape index (κ2) is 8.96. The molecular formula is C24H19ClF2N2O3. The Kier molecular flexibility index (Phi) is 6.10. The number of fused-ring (bicyclic) bond motifs is 1. The number of nitrogens with one attached hydrogen (secondary N) is 1. The highest BCUT2D eigenvalue weighted by Crippen LogP contribution is 2.30. The first-order valence-electron chi connectivity index (χ1n) is 9.89. The van der Waals surface area contributed by atoms with Gasteiger partial charge in [-0.1, -0.05) is 23.7 Å². The molecule has 1 heterocycles. The van der Waals surface area contributed by atoms with E-state index < -0.39 is 23.6 Å². The van der Waals surface area contributed by atoms with Gasteiger partial charge >= 0.3 is 0 Å². The van der Waals surface area contributed by atoms with Crippen LogP contribution in [0.4, 0.5) is 14.5 Å². The van der Waals surface area contributed by atoms with Gasteiger partial charge in [0.05, 0.1) is 5.56 Å². The summed E-state index contributed by atoms with van der Waals surface area (Å²) in [5.41, 5.74) is 1.73. The number of carbonyl (C=O) groups is 2. The summed E-state index contributed by atoms with van der Waals surface area (Å²) in [6.07, 6.45) is -0.683. The standard InChI is InChI=1S/C24H19ClF2N2O3/c1-14-24(31)29(12-15-2-4-17(25)5-3-15)13-16-10-19(7-9-22(16)32-14)28-23(30)20-8-6-18(26)11-21(20)27/h2-11,14H,12-13H2,1H3,(H,28,30)/t14-/m1/s1. The molecule has 8 heteroatoms. The molecule has 0 fully saturated rings. The summed E-state index contributed by atoms with van der Waals surface area (Å²) < 4.78 is 32.8. The highest BCUT2D eigenvalue weighted by molar-refractivity contribution is 6.30. The molecule has 1 atom stereocenters. The SMILES string of the molecule is C[C@H]1Oc2ccc(NC(=O)c3ccc(F)cc3F)cc2CN(Cc2ccc(Cl)cc2)C1=O. The molecule has 32 heavy (non-hydrogen) atoms. The number of anilines is 1. The lowest BCUT2D eigenvalue weighted by Crippen LogP contribution is -2.37. The van der Waals surface area contributed by atoms with Gasteiger partial charge in [0.1, 0.15) is 17.4 Å². The van der Waals surface area contributed by atoms with Crippen LogP contribution in [0.25, 0.3) is 0 Å². The molecule has 1 aliphatic rings. The summed E-state index contributed by atoms with van der Waals surface area (Å²) >= 11 is 5.94. The van der Waals surface area contributed by atoms with E-state index in [1.165, 1.54) is 0 Å². The molecule has 0 saturated carbocycles. The smallest absolute Gasteiger partial charge is 0.263 e. The number of carbonyl (C=O) groups excluding carboxylic acids is 2. The number of rotatable bonds is 4. The van der Waals surface area contributed by atoms with Crippen LogP contribution < -0.4 is 10.1 Å². The topological polar surface area (TPSA) is 58.6 Å². The van der Waals surface area contributed by atoms with Gasteiger partial charge in [0.25, 0.3) is 11.8 Å². The maximum atomic E-state index is 13.9. The van der Waals surface area contributed by atoms with E-state index in [1.54, 1.807) is 42.2 Å². The zero-order valence-electron chi connectivity index (χ0n) is 17.1. The first-order chi connectivity index (χ1) is 15.3. The van der Waals surface area contributed by atoms with Crippen LogP contribution in [0.2, 0.25) is 5.02 Å². The number of amides is 2. The summed E-state index contributed by atoms with van der Waals surface area (Å²) in [4.78, 5) is 26.9. The largest absolute Gasteiger partial charge is 0.481 e. The molecule has 0 aliphatic carbocycles. The minimum absolute atomic E-state index is 0.171. The highest BCUT2D eigenvalue weighted by Gasteiger charge is 2.28. The number of nitrogens with zero attached hydrogens (tertiary/aromatic N) is 1. The van der Waals surface area contributed by atoms with Crippen molar-refractivity contribution in [2.45, 2.75) is 26.1 Å². The number of hydrogen-bond acceptors (Lipinski definition) is 3.